The minimum Gasteiger partial charge on any atom is -0.497 e. The molecule has 0 bridgehead atoms. The van der Waals surface area contributed by atoms with Gasteiger partial charge in [-0.2, -0.15) is 5.26 Å². The average Bonchev–Trinajstić information content (AvgIpc) is 3.26. The molecular weight excluding hydrogens is 330 g/mol. The number of hydrogen-bond acceptors (Lipinski definition) is 4. The molecule has 1 aromatic heterocycles. The normalized spacial score (nSPS) is 16.6. The van der Waals surface area contributed by atoms with Crippen molar-refractivity contribution >= 4 is 16.8 Å². The predicted molar refractivity (Wildman–Crippen MR) is 99.1 cm³/mol. The summed E-state index contributed by atoms with van der Waals surface area (Å²) in [5, 5.41) is 9.93. The van der Waals surface area contributed by atoms with Gasteiger partial charge in [0.05, 0.1) is 32.1 Å². The standard InChI is InChI=1S/C20H25N3O3/c1-14-17(18-11-15(25-2)6-7-19(18)22-14)12-20(24)23(9-4-8-21)13-16-5-3-10-26-16/h6-7,11,16,22H,3-5,9-10,12-13H2,1-2H3. The van der Waals surface area contributed by atoms with Gasteiger partial charge in [-0.15, -0.1) is 0 Å². The largest absolute Gasteiger partial charge is 0.497 e. The van der Waals surface area contributed by atoms with Gasteiger partial charge in [0.15, 0.2) is 0 Å². The number of carbonyl (C=O) groups excluding carboxylic acids is 1. The van der Waals surface area contributed by atoms with Crippen LogP contribution in [-0.4, -0.2) is 48.7 Å². The highest BCUT2D eigenvalue weighted by Gasteiger charge is 2.23. The van der Waals surface area contributed by atoms with Crippen LogP contribution >= 0.6 is 0 Å². The molecule has 6 heteroatoms. The van der Waals surface area contributed by atoms with Crippen molar-refractivity contribution in [1.82, 2.24) is 9.88 Å². The summed E-state index contributed by atoms with van der Waals surface area (Å²) < 4.78 is 11.0. The number of aromatic amines is 1. The Morgan fingerprint density at radius 3 is 3.04 bits per heavy atom. The van der Waals surface area contributed by atoms with Crippen molar-refractivity contribution in [3.05, 3.63) is 29.5 Å². The highest BCUT2D eigenvalue weighted by molar-refractivity contribution is 5.91. The number of H-pyrrole nitrogens is 1. The summed E-state index contributed by atoms with van der Waals surface area (Å²) in [6, 6.07) is 7.97. The minimum atomic E-state index is 0.0302. The van der Waals surface area contributed by atoms with Crippen molar-refractivity contribution in [2.45, 2.75) is 38.7 Å². The van der Waals surface area contributed by atoms with E-state index < -0.39 is 0 Å². The number of amides is 1. The molecule has 0 spiro atoms. The van der Waals surface area contributed by atoms with Gasteiger partial charge >= 0.3 is 0 Å². The third-order valence-corrected chi connectivity index (χ3v) is 4.95. The van der Waals surface area contributed by atoms with E-state index in [0.29, 0.717) is 25.9 Å². The summed E-state index contributed by atoms with van der Waals surface area (Å²) in [4.78, 5) is 18.1. The number of fused-ring (bicyclic) bond motifs is 1. The average molecular weight is 355 g/mol. The second-order valence-electron chi connectivity index (χ2n) is 6.70. The summed E-state index contributed by atoms with van der Waals surface area (Å²) in [6.07, 6.45) is 2.73. The fourth-order valence-electron chi connectivity index (χ4n) is 3.52. The van der Waals surface area contributed by atoms with Gasteiger partial charge in [-0.05, 0) is 43.5 Å². The predicted octanol–water partition coefficient (Wildman–Crippen LogP) is 2.95. The van der Waals surface area contributed by atoms with E-state index in [9.17, 15) is 4.79 Å². The first-order valence-corrected chi connectivity index (χ1v) is 9.04. The number of ether oxygens (including phenoxy) is 2. The molecule has 26 heavy (non-hydrogen) atoms. The Balaban J connectivity index is 1.80. The zero-order chi connectivity index (χ0) is 18.5. The monoisotopic (exact) mass is 355 g/mol. The van der Waals surface area contributed by atoms with Crippen LogP contribution in [-0.2, 0) is 16.0 Å². The van der Waals surface area contributed by atoms with Crippen LogP contribution in [0.15, 0.2) is 18.2 Å². The van der Waals surface area contributed by atoms with Gasteiger partial charge < -0.3 is 19.4 Å². The quantitative estimate of drug-likeness (QED) is 0.828. The second kappa shape index (κ2) is 8.24. The lowest BCUT2D eigenvalue weighted by Gasteiger charge is -2.24. The number of benzene rings is 1. The number of rotatable bonds is 7. The van der Waals surface area contributed by atoms with Crippen LogP contribution in [0.1, 0.15) is 30.5 Å². The number of nitrogens with zero attached hydrogens (tertiary/aromatic N) is 2. The van der Waals surface area contributed by atoms with Crippen LogP contribution in [0.2, 0.25) is 0 Å². The molecule has 1 fully saturated rings. The molecule has 1 unspecified atom stereocenters. The van der Waals surface area contributed by atoms with Crippen LogP contribution < -0.4 is 4.74 Å². The van der Waals surface area contributed by atoms with Crippen LogP contribution in [0.5, 0.6) is 5.75 Å². The molecule has 0 saturated carbocycles. The third-order valence-electron chi connectivity index (χ3n) is 4.95. The maximum atomic E-state index is 13.0. The Kier molecular flexibility index (Phi) is 5.79. The molecule has 3 rings (SSSR count). The topological polar surface area (TPSA) is 78.4 Å². The van der Waals surface area contributed by atoms with Crippen molar-refractivity contribution in [1.29, 1.82) is 5.26 Å². The summed E-state index contributed by atoms with van der Waals surface area (Å²) in [5.74, 6) is 0.800. The molecule has 0 aliphatic carbocycles. The van der Waals surface area contributed by atoms with E-state index in [-0.39, 0.29) is 12.0 Å². The summed E-state index contributed by atoms with van der Waals surface area (Å²) in [5.41, 5.74) is 2.96. The molecule has 1 atom stereocenters. The third kappa shape index (κ3) is 4.00. The van der Waals surface area contributed by atoms with Crippen molar-refractivity contribution in [2.24, 2.45) is 0 Å². The zero-order valence-electron chi connectivity index (χ0n) is 15.4. The number of nitriles is 1. The number of aryl methyl sites for hydroxylation is 1. The summed E-state index contributed by atoms with van der Waals surface area (Å²) >= 11 is 0. The maximum absolute atomic E-state index is 13.0. The van der Waals surface area contributed by atoms with Gasteiger partial charge in [-0.1, -0.05) is 0 Å². The van der Waals surface area contributed by atoms with Crippen molar-refractivity contribution < 1.29 is 14.3 Å². The Labute approximate surface area is 153 Å². The second-order valence-corrected chi connectivity index (χ2v) is 6.70. The lowest BCUT2D eigenvalue weighted by atomic mass is 10.1. The molecule has 6 nitrogen and oxygen atoms in total. The molecule has 1 aliphatic heterocycles. The van der Waals surface area contributed by atoms with E-state index in [1.807, 2.05) is 25.1 Å². The van der Waals surface area contributed by atoms with Gasteiger partial charge in [0.1, 0.15) is 5.75 Å². The molecule has 0 radical (unpaired) electrons. The number of nitrogens with one attached hydrogen (secondary N) is 1. The van der Waals surface area contributed by atoms with E-state index in [2.05, 4.69) is 11.1 Å². The summed E-state index contributed by atoms with van der Waals surface area (Å²) in [6.45, 7) is 3.74. The number of methoxy groups -OCH3 is 1. The van der Waals surface area contributed by atoms with E-state index in [0.717, 1.165) is 47.4 Å². The fraction of sp³-hybridized carbons (Fsp3) is 0.500. The first-order chi connectivity index (χ1) is 12.6. The molecule has 1 amide bonds. The van der Waals surface area contributed by atoms with Gasteiger partial charge in [0.25, 0.3) is 0 Å². The van der Waals surface area contributed by atoms with E-state index >= 15 is 0 Å². The number of aromatic nitrogens is 1. The van der Waals surface area contributed by atoms with Crippen LogP contribution in [0.4, 0.5) is 0 Å². The smallest absolute Gasteiger partial charge is 0.227 e. The fourth-order valence-corrected chi connectivity index (χ4v) is 3.52. The van der Waals surface area contributed by atoms with Gasteiger partial charge in [0.2, 0.25) is 5.91 Å². The van der Waals surface area contributed by atoms with Crippen LogP contribution in [0.25, 0.3) is 10.9 Å². The highest BCUT2D eigenvalue weighted by Crippen LogP contribution is 2.27. The molecule has 1 aromatic carbocycles. The molecule has 2 heterocycles. The van der Waals surface area contributed by atoms with Crippen molar-refractivity contribution in [3.63, 3.8) is 0 Å². The minimum absolute atomic E-state index is 0.0302. The van der Waals surface area contributed by atoms with E-state index in [1.54, 1.807) is 12.0 Å². The molecule has 2 aromatic rings. The molecule has 1 saturated heterocycles. The lowest BCUT2D eigenvalue weighted by molar-refractivity contribution is -0.132. The van der Waals surface area contributed by atoms with Gasteiger partial charge in [-0.25, -0.2) is 0 Å². The molecule has 1 N–H and O–H groups in total. The SMILES string of the molecule is COc1ccc2[nH]c(C)c(CC(=O)N(CCC#N)CC3CCCO3)c2c1. The van der Waals surface area contributed by atoms with Gasteiger partial charge in [-0.3, -0.25) is 4.79 Å². The Morgan fingerprint density at radius 1 is 1.50 bits per heavy atom. The van der Waals surface area contributed by atoms with E-state index in [4.69, 9.17) is 14.7 Å². The van der Waals surface area contributed by atoms with E-state index in [1.165, 1.54) is 0 Å². The van der Waals surface area contributed by atoms with Crippen molar-refractivity contribution in [2.75, 3.05) is 26.8 Å². The highest BCUT2D eigenvalue weighted by atomic mass is 16.5. The first kappa shape index (κ1) is 18.3. The molecule has 1 aliphatic rings. The Bertz CT molecular complexity index is 816. The number of hydrogen-bond donors (Lipinski definition) is 1. The molecule has 138 valence electrons. The Hall–Kier alpha value is -2.52. The molecular formula is C20H25N3O3. The van der Waals surface area contributed by atoms with Gasteiger partial charge in [0, 0.05) is 36.3 Å². The zero-order valence-corrected chi connectivity index (χ0v) is 15.4. The lowest BCUT2D eigenvalue weighted by Crippen LogP contribution is -2.39. The van der Waals surface area contributed by atoms with Crippen molar-refractivity contribution in [3.8, 4) is 11.8 Å². The maximum Gasteiger partial charge on any atom is 0.227 e. The number of carbonyl (C=O) groups is 1. The first-order valence-electron chi connectivity index (χ1n) is 9.04. The van der Waals surface area contributed by atoms with Crippen LogP contribution in [0.3, 0.4) is 0 Å². The Morgan fingerprint density at radius 2 is 2.35 bits per heavy atom. The summed E-state index contributed by atoms with van der Waals surface area (Å²) in [7, 11) is 1.64. The van der Waals surface area contributed by atoms with Crippen LogP contribution in [0, 0.1) is 18.3 Å².